The quantitative estimate of drug-likeness (QED) is 0.640. The molecule has 1 saturated heterocycles. The van der Waals surface area contributed by atoms with Gasteiger partial charge in [0.25, 0.3) is 5.91 Å². The zero-order chi connectivity index (χ0) is 22.0. The fourth-order valence-corrected chi connectivity index (χ4v) is 5.54. The van der Waals surface area contributed by atoms with Crippen molar-refractivity contribution in [1.29, 1.82) is 0 Å². The van der Waals surface area contributed by atoms with Crippen LogP contribution in [-0.4, -0.2) is 36.3 Å². The third-order valence-electron chi connectivity index (χ3n) is 5.73. The van der Waals surface area contributed by atoms with Gasteiger partial charge < -0.3 is 9.88 Å². The average Bonchev–Trinajstić information content (AvgIpc) is 3.44. The summed E-state index contributed by atoms with van der Waals surface area (Å²) in [7, 11) is -1.88. The number of benzene rings is 2. The molecule has 1 aliphatic heterocycles. The first-order valence-corrected chi connectivity index (χ1v) is 11.9. The van der Waals surface area contributed by atoms with Crippen LogP contribution in [0.5, 0.6) is 0 Å². The van der Waals surface area contributed by atoms with E-state index < -0.39 is 10.0 Å². The molecule has 7 heteroatoms. The lowest BCUT2D eigenvalue weighted by atomic mass is 9.97. The molecule has 1 aromatic heterocycles. The van der Waals surface area contributed by atoms with Crippen molar-refractivity contribution < 1.29 is 13.2 Å². The van der Waals surface area contributed by atoms with Crippen molar-refractivity contribution >= 4 is 15.9 Å². The maximum Gasteiger partial charge on any atom is 0.268 e. The number of carbonyl (C=O) groups is 1. The number of nitrogens with one attached hydrogen (secondary N) is 1. The molecule has 2 aromatic carbocycles. The van der Waals surface area contributed by atoms with E-state index in [4.69, 9.17) is 0 Å². The zero-order valence-corrected chi connectivity index (χ0v) is 18.6. The molecule has 162 valence electrons. The first-order chi connectivity index (χ1) is 14.9. The van der Waals surface area contributed by atoms with Crippen molar-refractivity contribution in [3.63, 3.8) is 0 Å². The summed E-state index contributed by atoms with van der Waals surface area (Å²) >= 11 is 0. The highest BCUT2D eigenvalue weighted by atomic mass is 32.2. The highest BCUT2D eigenvalue weighted by Gasteiger charge is 2.30. The van der Waals surface area contributed by atoms with E-state index in [1.165, 1.54) is 16.6 Å². The Bertz CT molecular complexity index is 1160. The van der Waals surface area contributed by atoms with Crippen LogP contribution >= 0.6 is 0 Å². The molecule has 1 amide bonds. The van der Waals surface area contributed by atoms with Crippen LogP contribution in [0.2, 0.25) is 0 Å². The highest BCUT2D eigenvalue weighted by molar-refractivity contribution is 7.89. The lowest BCUT2D eigenvalue weighted by molar-refractivity contribution is 0.0934. The summed E-state index contributed by atoms with van der Waals surface area (Å²) in [6.07, 6.45) is 3.26. The summed E-state index contributed by atoms with van der Waals surface area (Å²) in [5.74, 6) is -0.320. The molecule has 1 unspecified atom stereocenters. The van der Waals surface area contributed by atoms with Crippen molar-refractivity contribution in [2.24, 2.45) is 7.05 Å². The Morgan fingerprint density at radius 2 is 1.58 bits per heavy atom. The third kappa shape index (κ3) is 4.43. The molecule has 1 aliphatic rings. The molecule has 1 atom stereocenters. The molecule has 0 bridgehead atoms. The second-order valence-electron chi connectivity index (χ2n) is 8.01. The molecule has 4 rings (SSSR count). The van der Waals surface area contributed by atoms with E-state index in [0.717, 1.165) is 29.5 Å². The zero-order valence-electron chi connectivity index (χ0n) is 17.8. The summed E-state index contributed by atoms with van der Waals surface area (Å²) in [6, 6.07) is 18.9. The molecule has 31 heavy (non-hydrogen) atoms. The summed E-state index contributed by atoms with van der Waals surface area (Å²) < 4.78 is 28.9. The van der Waals surface area contributed by atoms with Crippen LogP contribution in [0.1, 0.15) is 46.1 Å². The van der Waals surface area contributed by atoms with Gasteiger partial charge in [0.05, 0.1) is 6.04 Å². The van der Waals surface area contributed by atoms with Crippen LogP contribution in [0.3, 0.4) is 0 Å². The molecule has 3 aromatic rings. The van der Waals surface area contributed by atoms with Crippen LogP contribution in [0.4, 0.5) is 0 Å². The molecule has 0 spiro atoms. The van der Waals surface area contributed by atoms with Gasteiger partial charge in [-0.15, -0.1) is 0 Å². The number of rotatable bonds is 6. The highest BCUT2D eigenvalue weighted by Crippen LogP contribution is 2.25. The number of nitrogens with zero attached hydrogens (tertiary/aromatic N) is 2. The van der Waals surface area contributed by atoms with Crippen molar-refractivity contribution in [2.45, 2.75) is 30.7 Å². The van der Waals surface area contributed by atoms with Gasteiger partial charge in [0.1, 0.15) is 10.6 Å². The van der Waals surface area contributed by atoms with Gasteiger partial charge >= 0.3 is 0 Å². The second kappa shape index (κ2) is 8.69. The molecule has 1 N–H and O–H groups in total. The largest absolute Gasteiger partial charge is 0.345 e. The van der Waals surface area contributed by atoms with E-state index in [1.54, 1.807) is 11.6 Å². The van der Waals surface area contributed by atoms with Crippen LogP contribution in [0.25, 0.3) is 0 Å². The number of hydrogen-bond donors (Lipinski definition) is 1. The Labute approximate surface area is 183 Å². The van der Waals surface area contributed by atoms with Gasteiger partial charge in [0.15, 0.2) is 0 Å². The van der Waals surface area contributed by atoms with Gasteiger partial charge in [-0.25, -0.2) is 8.42 Å². The van der Waals surface area contributed by atoms with E-state index in [0.29, 0.717) is 18.8 Å². The maximum absolute atomic E-state index is 13.2. The molecule has 6 nitrogen and oxygen atoms in total. The van der Waals surface area contributed by atoms with Crippen molar-refractivity contribution in [3.8, 4) is 0 Å². The minimum absolute atomic E-state index is 0.161. The molecule has 2 heterocycles. The molecule has 0 aliphatic carbocycles. The number of aromatic nitrogens is 1. The Morgan fingerprint density at radius 3 is 2.23 bits per heavy atom. The summed E-state index contributed by atoms with van der Waals surface area (Å²) in [4.78, 5) is 13.4. The van der Waals surface area contributed by atoms with Gasteiger partial charge in [-0.2, -0.15) is 4.31 Å². The second-order valence-corrected chi connectivity index (χ2v) is 9.95. The number of amides is 1. The summed E-state index contributed by atoms with van der Waals surface area (Å²) in [5.41, 5.74) is 3.37. The Balaban J connectivity index is 1.63. The van der Waals surface area contributed by atoms with Crippen LogP contribution in [-0.2, 0) is 17.1 Å². The normalized spacial score (nSPS) is 15.7. The standard InChI is InChI=1S/C24H27N3O3S/c1-18-10-12-20(13-11-18)23(19-8-4-3-5-9-19)25-24(28)22-16-21(17-26(22)2)31(29,30)27-14-6-7-15-27/h3-5,8-13,16-17,23H,6-7,14-15H2,1-2H3,(H,25,28). The summed E-state index contributed by atoms with van der Waals surface area (Å²) in [6.45, 7) is 3.08. The van der Waals surface area contributed by atoms with E-state index >= 15 is 0 Å². The van der Waals surface area contributed by atoms with Crippen molar-refractivity contribution in [1.82, 2.24) is 14.2 Å². The Kier molecular flexibility index (Phi) is 5.98. The maximum atomic E-state index is 13.2. The third-order valence-corrected chi connectivity index (χ3v) is 7.60. The number of carbonyl (C=O) groups excluding carboxylic acids is 1. The fourth-order valence-electron chi connectivity index (χ4n) is 3.95. The smallest absolute Gasteiger partial charge is 0.268 e. The van der Waals surface area contributed by atoms with Gasteiger partial charge in [0, 0.05) is 26.3 Å². The lowest BCUT2D eigenvalue weighted by Crippen LogP contribution is -2.30. The minimum atomic E-state index is -3.58. The van der Waals surface area contributed by atoms with Crippen molar-refractivity contribution in [2.75, 3.05) is 13.1 Å². The predicted molar refractivity (Wildman–Crippen MR) is 120 cm³/mol. The number of sulfonamides is 1. The van der Waals surface area contributed by atoms with Gasteiger partial charge in [0.2, 0.25) is 10.0 Å². The molecule has 0 radical (unpaired) electrons. The van der Waals surface area contributed by atoms with E-state index in [9.17, 15) is 13.2 Å². The van der Waals surface area contributed by atoms with Crippen LogP contribution in [0, 0.1) is 6.92 Å². The van der Waals surface area contributed by atoms with Gasteiger partial charge in [-0.3, -0.25) is 4.79 Å². The minimum Gasteiger partial charge on any atom is -0.345 e. The first kappa shape index (κ1) is 21.3. The van der Waals surface area contributed by atoms with E-state index in [-0.39, 0.29) is 16.8 Å². The van der Waals surface area contributed by atoms with Gasteiger partial charge in [-0.1, -0.05) is 60.2 Å². The molecular weight excluding hydrogens is 410 g/mol. The summed E-state index contributed by atoms with van der Waals surface area (Å²) in [5, 5.41) is 3.09. The topological polar surface area (TPSA) is 71.4 Å². The first-order valence-electron chi connectivity index (χ1n) is 10.4. The van der Waals surface area contributed by atoms with E-state index in [2.05, 4.69) is 5.32 Å². The fraction of sp³-hybridized carbons (Fsp3) is 0.292. The molecular formula is C24H27N3O3S. The Morgan fingerprint density at radius 1 is 0.968 bits per heavy atom. The van der Waals surface area contributed by atoms with Crippen LogP contribution < -0.4 is 5.32 Å². The molecule has 1 fully saturated rings. The van der Waals surface area contributed by atoms with E-state index in [1.807, 2.05) is 61.5 Å². The van der Waals surface area contributed by atoms with Crippen LogP contribution in [0.15, 0.2) is 71.8 Å². The number of aryl methyl sites for hydroxylation is 2. The van der Waals surface area contributed by atoms with Crippen molar-refractivity contribution in [3.05, 3.63) is 89.2 Å². The predicted octanol–water partition coefficient (Wildman–Crippen LogP) is 3.64. The lowest BCUT2D eigenvalue weighted by Gasteiger charge is -2.20. The average molecular weight is 438 g/mol. The monoisotopic (exact) mass is 437 g/mol. The van der Waals surface area contributed by atoms with Gasteiger partial charge in [-0.05, 0) is 37.0 Å². The SMILES string of the molecule is Cc1ccc(C(NC(=O)c2cc(S(=O)(=O)N3CCCC3)cn2C)c2ccccc2)cc1. The number of hydrogen-bond acceptors (Lipinski definition) is 3. The Hall–Kier alpha value is -2.90. The molecule has 0 saturated carbocycles.